The molecule has 0 spiro atoms. The summed E-state index contributed by atoms with van der Waals surface area (Å²) in [6, 6.07) is 5.94. The fraction of sp³-hybridized carbons (Fsp3) is 0.609. The molecule has 0 radical (unpaired) electrons. The molecule has 2 rings (SSSR count). The van der Waals surface area contributed by atoms with Gasteiger partial charge in [0.15, 0.2) is 5.96 Å². The number of aromatic nitrogens is 1. The molecule has 0 atom stereocenters. The summed E-state index contributed by atoms with van der Waals surface area (Å²) < 4.78 is 0. The Balaban J connectivity index is 0.00000480. The van der Waals surface area contributed by atoms with Crippen molar-refractivity contribution in [2.75, 3.05) is 57.8 Å². The average Bonchev–Trinajstić information content (AvgIpc) is 2.79. The number of amides is 1. The van der Waals surface area contributed by atoms with Crippen LogP contribution in [0.4, 0.5) is 5.82 Å². The third-order valence-electron chi connectivity index (χ3n) is 5.29. The number of guanidine groups is 1. The van der Waals surface area contributed by atoms with Gasteiger partial charge in [0.25, 0.3) is 0 Å². The SMILES string of the molecule is C=CCCCCCN(C)C(=NCCC(=O)N1CCN(c2ccccn2)CC1)NCC.I. The zero-order valence-electron chi connectivity index (χ0n) is 19.1. The maximum absolute atomic E-state index is 12.6. The fourth-order valence-electron chi connectivity index (χ4n) is 3.53. The number of piperazine rings is 1. The smallest absolute Gasteiger partial charge is 0.224 e. The lowest BCUT2D eigenvalue weighted by Gasteiger charge is -2.35. The number of anilines is 1. The molecule has 8 heteroatoms. The molecule has 2 heterocycles. The van der Waals surface area contributed by atoms with Crippen molar-refractivity contribution in [2.24, 2.45) is 4.99 Å². The lowest BCUT2D eigenvalue weighted by molar-refractivity contribution is -0.131. The number of nitrogens with one attached hydrogen (secondary N) is 1. The van der Waals surface area contributed by atoms with Crippen LogP contribution in [0.25, 0.3) is 0 Å². The van der Waals surface area contributed by atoms with Crippen molar-refractivity contribution < 1.29 is 4.79 Å². The first-order chi connectivity index (χ1) is 14.7. The number of halogens is 1. The quantitative estimate of drug-likeness (QED) is 0.153. The third-order valence-corrected chi connectivity index (χ3v) is 5.29. The van der Waals surface area contributed by atoms with Crippen molar-refractivity contribution in [1.82, 2.24) is 20.1 Å². The molecule has 0 aliphatic carbocycles. The van der Waals surface area contributed by atoms with Gasteiger partial charge in [0.2, 0.25) is 5.91 Å². The maximum atomic E-state index is 12.6. The minimum atomic E-state index is 0. The van der Waals surface area contributed by atoms with Crippen LogP contribution in [-0.4, -0.2) is 79.5 Å². The lowest BCUT2D eigenvalue weighted by atomic mass is 10.2. The minimum absolute atomic E-state index is 0. The molecule has 1 aliphatic heterocycles. The fourth-order valence-corrected chi connectivity index (χ4v) is 3.53. The molecule has 1 saturated heterocycles. The highest BCUT2D eigenvalue weighted by Gasteiger charge is 2.21. The maximum Gasteiger partial charge on any atom is 0.224 e. The molecule has 1 aromatic rings. The Bertz CT molecular complexity index is 661. The van der Waals surface area contributed by atoms with Crippen molar-refractivity contribution in [2.45, 2.75) is 39.0 Å². The van der Waals surface area contributed by atoms with Gasteiger partial charge >= 0.3 is 0 Å². The van der Waals surface area contributed by atoms with Crippen molar-refractivity contribution in [3.05, 3.63) is 37.1 Å². The number of carbonyl (C=O) groups excluding carboxylic acids is 1. The van der Waals surface area contributed by atoms with Gasteiger partial charge in [-0.15, -0.1) is 30.6 Å². The zero-order chi connectivity index (χ0) is 21.6. The van der Waals surface area contributed by atoms with E-state index >= 15 is 0 Å². The van der Waals surface area contributed by atoms with E-state index in [9.17, 15) is 4.79 Å². The summed E-state index contributed by atoms with van der Waals surface area (Å²) in [5.41, 5.74) is 0. The van der Waals surface area contributed by atoms with Crippen LogP contribution in [0.5, 0.6) is 0 Å². The summed E-state index contributed by atoms with van der Waals surface area (Å²) >= 11 is 0. The second kappa shape index (κ2) is 15.9. The lowest BCUT2D eigenvalue weighted by Crippen LogP contribution is -2.49. The number of hydrogen-bond donors (Lipinski definition) is 1. The zero-order valence-corrected chi connectivity index (χ0v) is 21.5. The molecule has 1 aromatic heterocycles. The number of rotatable bonds is 11. The van der Waals surface area contributed by atoms with Crippen molar-refractivity contribution >= 4 is 41.7 Å². The second-order valence-electron chi connectivity index (χ2n) is 7.60. The molecule has 0 bridgehead atoms. The van der Waals surface area contributed by atoms with E-state index < -0.39 is 0 Å². The van der Waals surface area contributed by atoms with Gasteiger partial charge in [-0.25, -0.2) is 4.98 Å². The number of hydrogen-bond acceptors (Lipinski definition) is 4. The van der Waals surface area contributed by atoms with Crippen LogP contribution in [0.15, 0.2) is 42.0 Å². The molecule has 7 nitrogen and oxygen atoms in total. The van der Waals surface area contributed by atoms with Gasteiger partial charge in [-0.1, -0.05) is 18.6 Å². The minimum Gasteiger partial charge on any atom is -0.357 e. The van der Waals surface area contributed by atoms with Gasteiger partial charge in [-0.05, 0) is 38.3 Å². The van der Waals surface area contributed by atoms with E-state index in [4.69, 9.17) is 0 Å². The highest BCUT2D eigenvalue weighted by molar-refractivity contribution is 14.0. The molecule has 31 heavy (non-hydrogen) atoms. The Labute approximate surface area is 205 Å². The normalized spacial score (nSPS) is 14.1. The molecule has 174 valence electrons. The van der Waals surface area contributed by atoms with Crippen LogP contribution in [0.2, 0.25) is 0 Å². The van der Waals surface area contributed by atoms with E-state index in [0.717, 1.165) is 63.9 Å². The Morgan fingerprint density at radius 2 is 2.03 bits per heavy atom. The van der Waals surface area contributed by atoms with E-state index in [1.54, 1.807) is 0 Å². The predicted octanol–water partition coefficient (Wildman–Crippen LogP) is 3.38. The first-order valence-electron chi connectivity index (χ1n) is 11.2. The molecular formula is C23H39IN6O. The van der Waals surface area contributed by atoms with Crippen molar-refractivity contribution in [1.29, 1.82) is 0 Å². The summed E-state index contributed by atoms with van der Waals surface area (Å²) in [6.45, 7) is 11.3. The Morgan fingerprint density at radius 1 is 1.26 bits per heavy atom. The molecule has 0 saturated carbocycles. The van der Waals surface area contributed by atoms with E-state index in [0.29, 0.717) is 13.0 Å². The number of unbranched alkanes of at least 4 members (excludes halogenated alkanes) is 3. The molecule has 1 aliphatic rings. The van der Waals surface area contributed by atoms with Crippen LogP contribution >= 0.6 is 24.0 Å². The molecule has 1 amide bonds. The van der Waals surface area contributed by atoms with Gasteiger partial charge in [0.05, 0.1) is 6.54 Å². The van der Waals surface area contributed by atoms with E-state index in [1.165, 1.54) is 12.8 Å². The Morgan fingerprint density at radius 3 is 2.68 bits per heavy atom. The highest BCUT2D eigenvalue weighted by atomic mass is 127. The topological polar surface area (TPSA) is 64.1 Å². The summed E-state index contributed by atoms with van der Waals surface area (Å²) in [5.74, 6) is 2.05. The van der Waals surface area contributed by atoms with Crippen LogP contribution in [-0.2, 0) is 4.79 Å². The Hall–Kier alpha value is -1.84. The van der Waals surface area contributed by atoms with E-state index in [1.807, 2.05) is 35.4 Å². The first kappa shape index (κ1) is 27.2. The molecule has 1 N–H and O–H groups in total. The highest BCUT2D eigenvalue weighted by Crippen LogP contribution is 2.13. The first-order valence-corrected chi connectivity index (χ1v) is 11.2. The van der Waals surface area contributed by atoms with Gasteiger partial charge in [-0.2, -0.15) is 0 Å². The molecule has 0 unspecified atom stereocenters. The standard InChI is InChI=1S/C23H38N6O.HI/c1-4-6-7-8-11-16-27(3)23(24-5-2)26-15-13-22(30)29-19-17-28(18-20-29)21-12-9-10-14-25-21;/h4,9-10,12,14H,1,5-8,11,13,15-20H2,2-3H3,(H,24,26);1H. The number of carbonyl (C=O) groups is 1. The third kappa shape index (κ3) is 9.88. The summed E-state index contributed by atoms with van der Waals surface area (Å²) in [5, 5.41) is 3.33. The number of aliphatic imine (C=N–C) groups is 1. The van der Waals surface area contributed by atoms with Crippen molar-refractivity contribution in [3.8, 4) is 0 Å². The summed E-state index contributed by atoms with van der Waals surface area (Å²) in [7, 11) is 2.06. The number of allylic oxidation sites excluding steroid dienone is 1. The molecule has 0 aromatic carbocycles. The Kier molecular flexibility index (Phi) is 13.9. The summed E-state index contributed by atoms with van der Waals surface area (Å²) in [4.78, 5) is 28.0. The van der Waals surface area contributed by atoms with Gasteiger partial charge in [0, 0.05) is 58.9 Å². The van der Waals surface area contributed by atoms with Gasteiger partial charge < -0.3 is 20.0 Å². The van der Waals surface area contributed by atoms with Gasteiger partial charge in [-0.3, -0.25) is 9.79 Å². The van der Waals surface area contributed by atoms with Gasteiger partial charge in [0.1, 0.15) is 5.82 Å². The largest absolute Gasteiger partial charge is 0.357 e. The number of nitrogens with zero attached hydrogens (tertiary/aromatic N) is 5. The average molecular weight is 543 g/mol. The van der Waals surface area contributed by atoms with E-state index in [2.05, 4.69) is 45.6 Å². The van der Waals surface area contributed by atoms with Crippen LogP contribution in [0, 0.1) is 0 Å². The molecule has 1 fully saturated rings. The second-order valence-corrected chi connectivity index (χ2v) is 7.60. The van der Waals surface area contributed by atoms with Crippen molar-refractivity contribution in [3.63, 3.8) is 0 Å². The monoisotopic (exact) mass is 542 g/mol. The summed E-state index contributed by atoms with van der Waals surface area (Å²) in [6.07, 6.45) is 8.83. The van der Waals surface area contributed by atoms with Crippen LogP contribution in [0.1, 0.15) is 39.0 Å². The molecular weight excluding hydrogens is 503 g/mol. The number of pyridine rings is 1. The predicted molar refractivity (Wildman–Crippen MR) is 140 cm³/mol. The van der Waals surface area contributed by atoms with Crippen LogP contribution in [0.3, 0.4) is 0 Å². The van der Waals surface area contributed by atoms with Crippen LogP contribution < -0.4 is 10.2 Å². The van der Waals surface area contributed by atoms with E-state index in [-0.39, 0.29) is 29.9 Å².